The smallest absolute Gasteiger partial charge is 0.183 e. The van der Waals surface area contributed by atoms with E-state index in [9.17, 15) is 0 Å². The fourth-order valence-corrected chi connectivity index (χ4v) is 6.60. The lowest BCUT2D eigenvalue weighted by atomic mass is 9.77. The molecule has 1 saturated heterocycles. The zero-order valence-corrected chi connectivity index (χ0v) is 24.8. The molecule has 1 aliphatic heterocycles. The SMILES string of the molecule is CCCCCCCC1CCC(c2ccc(-c3ccc([C@H]4OC[C@H](CCCCCCC)CO4)cc3)c(F)c2)CC1. The Hall–Kier alpha value is -1.71. The van der Waals surface area contributed by atoms with Gasteiger partial charge in [0, 0.05) is 17.0 Å². The molecule has 4 rings (SSSR count). The maximum atomic E-state index is 15.3. The standard InChI is InChI=1S/C36H53FO2/c1-3-5-7-9-11-13-28-15-17-30(18-16-28)33-23-24-34(35(37)25-33)31-19-21-32(22-20-31)36-38-26-29(27-39-36)14-12-10-8-6-4-2/h19-25,28-30,36H,3-18,26-27H2,1-2H3/t28?,29-,30?,36-. The first-order valence-electron chi connectivity index (χ1n) is 16.3. The van der Waals surface area contributed by atoms with Crippen molar-refractivity contribution in [3.8, 4) is 11.1 Å². The van der Waals surface area contributed by atoms with Crippen LogP contribution < -0.4 is 0 Å². The monoisotopic (exact) mass is 536 g/mol. The topological polar surface area (TPSA) is 18.5 Å². The van der Waals surface area contributed by atoms with Gasteiger partial charge in [0.15, 0.2) is 6.29 Å². The van der Waals surface area contributed by atoms with Crippen LogP contribution >= 0.6 is 0 Å². The molecule has 0 spiro atoms. The fraction of sp³-hybridized carbons (Fsp3) is 0.667. The van der Waals surface area contributed by atoms with E-state index in [1.807, 2.05) is 30.3 Å². The molecule has 39 heavy (non-hydrogen) atoms. The maximum absolute atomic E-state index is 15.3. The molecular weight excluding hydrogens is 483 g/mol. The van der Waals surface area contributed by atoms with Crippen LogP contribution in [0.1, 0.15) is 140 Å². The summed E-state index contributed by atoms with van der Waals surface area (Å²) in [5.41, 5.74) is 3.78. The van der Waals surface area contributed by atoms with Gasteiger partial charge >= 0.3 is 0 Å². The van der Waals surface area contributed by atoms with Crippen LogP contribution in [0.15, 0.2) is 42.5 Å². The number of hydrogen-bond donors (Lipinski definition) is 0. The van der Waals surface area contributed by atoms with E-state index >= 15 is 4.39 Å². The van der Waals surface area contributed by atoms with Crippen molar-refractivity contribution in [3.05, 3.63) is 59.4 Å². The van der Waals surface area contributed by atoms with Crippen LogP contribution in [0.4, 0.5) is 4.39 Å². The number of halogens is 1. The lowest BCUT2D eigenvalue weighted by molar-refractivity contribution is -0.206. The molecule has 1 aliphatic carbocycles. The van der Waals surface area contributed by atoms with E-state index in [1.165, 1.54) is 108 Å². The van der Waals surface area contributed by atoms with Crippen molar-refractivity contribution in [2.24, 2.45) is 11.8 Å². The molecule has 2 aliphatic rings. The van der Waals surface area contributed by atoms with E-state index < -0.39 is 0 Å². The van der Waals surface area contributed by atoms with E-state index in [4.69, 9.17) is 9.47 Å². The molecule has 2 aromatic carbocycles. The van der Waals surface area contributed by atoms with E-state index in [1.54, 1.807) is 6.07 Å². The lowest BCUT2D eigenvalue weighted by Crippen LogP contribution is -2.27. The van der Waals surface area contributed by atoms with Crippen molar-refractivity contribution in [2.45, 2.75) is 129 Å². The van der Waals surface area contributed by atoms with Gasteiger partial charge in [-0.15, -0.1) is 0 Å². The van der Waals surface area contributed by atoms with E-state index in [0.29, 0.717) is 17.4 Å². The Morgan fingerprint density at radius 1 is 0.641 bits per heavy atom. The largest absolute Gasteiger partial charge is 0.348 e. The van der Waals surface area contributed by atoms with Crippen LogP contribution in [0, 0.1) is 17.7 Å². The number of hydrogen-bond acceptors (Lipinski definition) is 2. The van der Waals surface area contributed by atoms with Crippen LogP contribution in [-0.4, -0.2) is 13.2 Å². The second-order valence-electron chi connectivity index (χ2n) is 12.3. The van der Waals surface area contributed by atoms with Crippen LogP contribution in [0.3, 0.4) is 0 Å². The third kappa shape index (κ3) is 9.42. The molecule has 0 aromatic heterocycles. The molecule has 2 aromatic rings. The molecule has 0 amide bonds. The first kappa shape index (κ1) is 30.3. The van der Waals surface area contributed by atoms with Crippen molar-refractivity contribution >= 4 is 0 Å². The van der Waals surface area contributed by atoms with Gasteiger partial charge in [0.2, 0.25) is 0 Å². The van der Waals surface area contributed by atoms with Crippen LogP contribution in [0.25, 0.3) is 11.1 Å². The van der Waals surface area contributed by atoms with Gasteiger partial charge in [-0.3, -0.25) is 0 Å². The summed E-state index contributed by atoms with van der Waals surface area (Å²) in [5, 5.41) is 0. The molecule has 1 saturated carbocycles. The molecule has 0 atom stereocenters. The first-order valence-corrected chi connectivity index (χ1v) is 16.3. The summed E-state index contributed by atoms with van der Waals surface area (Å²) in [6.07, 6.45) is 20.7. The van der Waals surface area contributed by atoms with Crippen LogP contribution in [0.5, 0.6) is 0 Å². The predicted octanol–water partition coefficient (Wildman–Crippen LogP) is 11.1. The number of ether oxygens (including phenoxy) is 2. The Balaban J connectivity index is 1.22. The summed E-state index contributed by atoms with van der Waals surface area (Å²) >= 11 is 0. The number of rotatable bonds is 15. The molecule has 3 heteroatoms. The molecule has 0 radical (unpaired) electrons. The van der Waals surface area contributed by atoms with Crippen molar-refractivity contribution in [1.82, 2.24) is 0 Å². The second-order valence-corrected chi connectivity index (χ2v) is 12.3. The minimum Gasteiger partial charge on any atom is -0.348 e. The van der Waals surface area contributed by atoms with Crippen molar-refractivity contribution in [3.63, 3.8) is 0 Å². The molecule has 2 nitrogen and oxygen atoms in total. The second kappa shape index (κ2) is 16.5. The Morgan fingerprint density at radius 3 is 1.79 bits per heavy atom. The summed E-state index contributed by atoms with van der Waals surface area (Å²) in [6.45, 7) is 6.05. The van der Waals surface area contributed by atoms with Gasteiger partial charge in [0.1, 0.15) is 5.82 Å². The Kier molecular flexibility index (Phi) is 12.8. The summed E-state index contributed by atoms with van der Waals surface area (Å²) in [7, 11) is 0. The summed E-state index contributed by atoms with van der Waals surface area (Å²) < 4.78 is 27.4. The van der Waals surface area contributed by atoms with Gasteiger partial charge in [-0.25, -0.2) is 4.39 Å². The predicted molar refractivity (Wildman–Crippen MR) is 161 cm³/mol. The third-order valence-electron chi connectivity index (χ3n) is 9.20. The van der Waals surface area contributed by atoms with Gasteiger partial charge in [-0.1, -0.05) is 121 Å². The van der Waals surface area contributed by atoms with Gasteiger partial charge in [0.25, 0.3) is 0 Å². The van der Waals surface area contributed by atoms with Gasteiger partial charge in [-0.2, -0.15) is 0 Å². The van der Waals surface area contributed by atoms with Gasteiger partial charge < -0.3 is 9.47 Å². The maximum Gasteiger partial charge on any atom is 0.183 e. The van der Waals surface area contributed by atoms with Gasteiger partial charge in [0.05, 0.1) is 13.2 Å². The average molecular weight is 537 g/mol. The Morgan fingerprint density at radius 2 is 1.21 bits per heavy atom. The molecular formula is C36H53FO2. The van der Waals surface area contributed by atoms with Gasteiger partial charge in [-0.05, 0) is 61.1 Å². The summed E-state index contributed by atoms with van der Waals surface area (Å²) in [6, 6.07) is 14.0. The minimum atomic E-state index is -0.311. The molecule has 2 fully saturated rings. The summed E-state index contributed by atoms with van der Waals surface area (Å²) in [4.78, 5) is 0. The Labute approximate surface area is 238 Å². The number of unbranched alkanes of at least 4 members (excludes halogenated alkanes) is 8. The quantitative estimate of drug-likeness (QED) is 0.211. The van der Waals surface area contributed by atoms with E-state index in [-0.39, 0.29) is 12.1 Å². The summed E-state index contributed by atoms with van der Waals surface area (Å²) in [5.74, 6) is 1.78. The third-order valence-corrected chi connectivity index (χ3v) is 9.20. The molecule has 0 bridgehead atoms. The lowest BCUT2D eigenvalue weighted by Gasteiger charge is -2.30. The fourth-order valence-electron chi connectivity index (χ4n) is 6.60. The minimum absolute atomic E-state index is 0.106. The van der Waals surface area contributed by atoms with Crippen LogP contribution in [0.2, 0.25) is 0 Å². The highest BCUT2D eigenvalue weighted by atomic mass is 19.1. The zero-order chi connectivity index (χ0) is 27.3. The molecule has 1 heterocycles. The highest BCUT2D eigenvalue weighted by Crippen LogP contribution is 2.39. The molecule has 0 N–H and O–H groups in total. The van der Waals surface area contributed by atoms with E-state index in [2.05, 4.69) is 19.9 Å². The highest BCUT2D eigenvalue weighted by molar-refractivity contribution is 5.65. The van der Waals surface area contributed by atoms with E-state index in [0.717, 1.165) is 30.3 Å². The van der Waals surface area contributed by atoms with Crippen LogP contribution in [-0.2, 0) is 9.47 Å². The van der Waals surface area contributed by atoms with Crippen molar-refractivity contribution in [2.75, 3.05) is 13.2 Å². The normalized spacial score (nSPS) is 23.7. The highest BCUT2D eigenvalue weighted by Gasteiger charge is 2.25. The molecule has 216 valence electrons. The number of benzene rings is 2. The van der Waals surface area contributed by atoms with Crippen molar-refractivity contribution < 1.29 is 13.9 Å². The van der Waals surface area contributed by atoms with Crippen molar-refractivity contribution in [1.29, 1.82) is 0 Å². The zero-order valence-electron chi connectivity index (χ0n) is 24.8. The molecule has 0 unspecified atom stereocenters. The first-order chi connectivity index (χ1) is 19.2. The average Bonchev–Trinajstić information content (AvgIpc) is 2.98. The Bertz CT molecular complexity index is 939.